The Morgan fingerprint density at radius 2 is 2.15 bits per heavy atom. The van der Waals surface area contributed by atoms with E-state index in [0.29, 0.717) is 19.7 Å². The molecule has 1 unspecified atom stereocenters. The van der Waals surface area contributed by atoms with E-state index in [4.69, 9.17) is 14.2 Å². The minimum Gasteiger partial charge on any atom is -0.497 e. The Labute approximate surface area is 204 Å². The molecule has 0 spiro atoms. The van der Waals surface area contributed by atoms with Gasteiger partial charge in [-0.2, -0.15) is 0 Å². The summed E-state index contributed by atoms with van der Waals surface area (Å²) in [6, 6.07) is 15.5. The first kappa shape index (κ1) is 24.0. The molecule has 0 N–H and O–H groups in total. The van der Waals surface area contributed by atoms with Crippen LogP contribution in [0.3, 0.4) is 0 Å². The van der Waals surface area contributed by atoms with E-state index < -0.39 is 0 Å². The van der Waals surface area contributed by atoms with Crippen LogP contribution in [-0.4, -0.2) is 42.2 Å². The summed E-state index contributed by atoms with van der Waals surface area (Å²) in [7, 11) is 1.65. The Morgan fingerprint density at radius 1 is 1.26 bits per heavy atom. The first-order chi connectivity index (χ1) is 16.6. The second kappa shape index (κ2) is 11.8. The number of benzene rings is 2. The molecule has 3 aromatic rings. The van der Waals surface area contributed by atoms with Gasteiger partial charge in [0.2, 0.25) is 5.91 Å². The smallest absolute Gasteiger partial charge is 0.246 e. The largest absolute Gasteiger partial charge is 0.497 e. The SMILES string of the molecule is COc1cccc(CN(CC2CCCO2)C(=O)/C=C/c2ccccc2OCc2csc(C)n2)c1. The summed E-state index contributed by atoms with van der Waals surface area (Å²) in [4.78, 5) is 19.5. The maximum absolute atomic E-state index is 13.3. The third-order valence-electron chi connectivity index (χ3n) is 5.63. The van der Waals surface area contributed by atoms with Crippen molar-refractivity contribution in [3.05, 3.63) is 81.8 Å². The molecule has 1 saturated heterocycles. The highest BCUT2D eigenvalue weighted by molar-refractivity contribution is 7.09. The lowest BCUT2D eigenvalue weighted by molar-refractivity contribution is -0.128. The fourth-order valence-electron chi connectivity index (χ4n) is 3.90. The molecule has 0 aliphatic carbocycles. The van der Waals surface area contributed by atoms with Gasteiger partial charge in [0.15, 0.2) is 0 Å². The summed E-state index contributed by atoms with van der Waals surface area (Å²) in [5, 5.41) is 3.01. The lowest BCUT2D eigenvalue weighted by Crippen LogP contribution is -2.35. The van der Waals surface area contributed by atoms with Crippen molar-refractivity contribution in [1.82, 2.24) is 9.88 Å². The predicted octanol–water partition coefficient (Wildman–Crippen LogP) is 5.26. The van der Waals surface area contributed by atoms with Crippen LogP contribution in [0.1, 0.15) is 34.7 Å². The van der Waals surface area contributed by atoms with Crippen LogP contribution in [0.4, 0.5) is 0 Å². The van der Waals surface area contributed by atoms with E-state index in [-0.39, 0.29) is 12.0 Å². The molecule has 1 aliphatic rings. The van der Waals surface area contributed by atoms with Gasteiger partial charge < -0.3 is 19.1 Å². The predicted molar refractivity (Wildman–Crippen MR) is 134 cm³/mol. The van der Waals surface area contributed by atoms with E-state index >= 15 is 0 Å². The van der Waals surface area contributed by atoms with Crippen LogP contribution in [0.2, 0.25) is 0 Å². The number of hydrogen-bond acceptors (Lipinski definition) is 6. The second-order valence-electron chi connectivity index (χ2n) is 8.22. The van der Waals surface area contributed by atoms with Crippen LogP contribution < -0.4 is 9.47 Å². The van der Waals surface area contributed by atoms with Crippen molar-refractivity contribution in [1.29, 1.82) is 0 Å². The third kappa shape index (κ3) is 6.68. The number of para-hydroxylation sites is 1. The number of rotatable bonds is 10. The molecule has 6 nitrogen and oxygen atoms in total. The van der Waals surface area contributed by atoms with Gasteiger partial charge in [0.25, 0.3) is 0 Å². The monoisotopic (exact) mass is 478 g/mol. The van der Waals surface area contributed by atoms with Crippen LogP contribution in [-0.2, 0) is 22.7 Å². The molecule has 0 saturated carbocycles. The molecule has 2 aromatic carbocycles. The first-order valence-corrected chi connectivity index (χ1v) is 12.3. The maximum Gasteiger partial charge on any atom is 0.246 e. The van der Waals surface area contributed by atoms with Crippen LogP contribution in [0.5, 0.6) is 11.5 Å². The zero-order valence-corrected chi connectivity index (χ0v) is 20.4. The van der Waals surface area contributed by atoms with Crippen molar-refractivity contribution in [2.75, 3.05) is 20.3 Å². The molecule has 4 rings (SSSR count). The van der Waals surface area contributed by atoms with Crippen LogP contribution in [0, 0.1) is 6.92 Å². The Morgan fingerprint density at radius 3 is 2.91 bits per heavy atom. The van der Waals surface area contributed by atoms with Crippen LogP contribution in [0.15, 0.2) is 60.0 Å². The van der Waals surface area contributed by atoms with Crippen molar-refractivity contribution in [2.45, 2.75) is 39.0 Å². The van der Waals surface area contributed by atoms with E-state index in [0.717, 1.165) is 52.8 Å². The zero-order chi connectivity index (χ0) is 23.8. The Bertz CT molecular complexity index is 1120. The zero-order valence-electron chi connectivity index (χ0n) is 19.6. The number of aryl methyl sites for hydroxylation is 1. The van der Waals surface area contributed by atoms with Gasteiger partial charge in [-0.15, -0.1) is 11.3 Å². The Balaban J connectivity index is 1.47. The van der Waals surface area contributed by atoms with Gasteiger partial charge in [-0.1, -0.05) is 30.3 Å². The summed E-state index contributed by atoms with van der Waals surface area (Å²) in [5.41, 5.74) is 2.76. The minimum absolute atomic E-state index is 0.0664. The highest BCUT2D eigenvalue weighted by Gasteiger charge is 2.22. The minimum atomic E-state index is -0.0664. The lowest BCUT2D eigenvalue weighted by Gasteiger charge is -2.24. The highest BCUT2D eigenvalue weighted by atomic mass is 32.1. The van der Waals surface area contributed by atoms with E-state index in [1.165, 1.54) is 0 Å². The van der Waals surface area contributed by atoms with Crippen LogP contribution in [0.25, 0.3) is 6.08 Å². The molecular formula is C27H30N2O4S. The molecule has 1 aliphatic heterocycles. The standard InChI is InChI=1S/C27H30N2O4S/c1-20-28-23(19-34-20)18-33-26-11-4-3-8-22(26)12-13-27(30)29(17-25-10-6-14-32-25)16-21-7-5-9-24(15-21)31-2/h3-5,7-9,11-13,15,19,25H,6,10,14,16-18H2,1-2H3/b13-12+. The Hall–Kier alpha value is -3.16. The molecule has 1 fully saturated rings. The molecule has 2 heterocycles. The normalized spacial score (nSPS) is 15.5. The third-order valence-corrected chi connectivity index (χ3v) is 6.46. The van der Waals surface area contributed by atoms with Gasteiger partial charge in [-0.05, 0) is 49.6 Å². The van der Waals surface area contributed by atoms with Crippen molar-refractivity contribution in [2.24, 2.45) is 0 Å². The molecule has 34 heavy (non-hydrogen) atoms. The van der Waals surface area contributed by atoms with Gasteiger partial charge >= 0.3 is 0 Å². The number of methoxy groups -OCH3 is 1. The van der Waals surface area contributed by atoms with Gasteiger partial charge in [-0.3, -0.25) is 4.79 Å². The number of amides is 1. The first-order valence-electron chi connectivity index (χ1n) is 11.4. The molecule has 178 valence electrons. The maximum atomic E-state index is 13.3. The average molecular weight is 479 g/mol. The molecule has 7 heteroatoms. The van der Waals surface area contributed by atoms with E-state index in [2.05, 4.69) is 4.98 Å². The van der Waals surface area contributed by atoms with Crippen molar-refractivity contribution in [3.8, 4) is 11.5 Å². The van der Waals surface area contributed by atoms with Gasteiger partial charge in [0.1, 0.15) is 18.1 Å². The quantitative estimate of drug-likeness (QED) is 0.372. The molecule has 1 amide bonds. The summed E-state index contributed by atoms with van der Waals surface area (Å²) in [6.45, 7) is 4.17. The highest BCUT2D eigenvalue weighted by Crippen LogP contribution is 2.22. The second-order valence-corrected chi connectivity index (χ2v) is 9.29. The fraction of sp³-hybridized carbons (Fsp3) is 0.333. The topological polar surface area (TPSA) is 60.9 Å². The number of nitrogens with zero attached hydrogens (tertiary/aromatic N) is 2. The molecule has 0 bridgehead atoms. The number of carbonyl (C=O) groups is 1. The molecular weight excluding hydrogens is 448 g/mol. The summed E-state index contributed by atoms with van der Waals surface area (Å²) >= 11 is 1.60. The summed E-state index contributed by atoms with van der Waals surface area (Å²) < 4.78 is 17.1. The average Bonchev–Trinajstić information content (AvgIpc) is 3.53. The number of thiazole rings is 1. The van der Waals surface area contributed by atoms with Gasteiger partial charge in [0, 0.05) is 36.7 Å². The van der Waals surface area contributed by atoms with Crippen molar-refractivity contribution < 1.29 is 19.0 Å². The van der Waals surface area contributed by atoms with E-state index in [9.17, 15) is 4.79 Å². The fourth-order valence-corrected chi connectivity index (χ4v) is 4.50. The Kier molecular flexibility index (Phi) is 8.33. The molecule has 0 radical (unpaired) electrons. The summed E-state index contributed by atoms with van der Waals surface area (Å²) in [5.74, 6) is 1.43. The van der Waals surface area contributed by atoms with Crippen molar-refractivity contribution >= 4 is 23.3 Å². The van der Waals surface area contributed by atoms with Gasteiger partial charge in [-0.25, -0.2) is 4.98 Å². The molecule has 1 aromatic heterocycles. The van der Waals surface area contributed by atoms with E-state index in [1.807, 2.05) is 71.8 Å². The summed E-state index contributed by atoms with van der Waals surface area (Å²) in [6.07, 6.45) is 5.51. The molecule has 1 atom stereocenters. The number of ether oxygens (including phenoxy) is 3. The van der Waals surface area contributed by atoms with Gasteiger partial charge in [0.05, 0.1) is 23.9 Å². The van der Waals surface area contributed by atoms with Crippen LogP contribution >= 0.6 is 11.3 Å². The number of hydrogen-bond donors (Lipinski definition) is 0. The van der Waals surface area contributed by atoms with E-state index in [1.54, 1.807) is 24.5 Å². The lowest BCUT2D eigenvalue weighted by atomic mass is 10.1. The number of aromatic nitrogens is 1. The number of carbonyl (C=O) groups excluding carboxylic acids is 1. The van der Waals surface area contributed by atoms with Crippen molar-refractivity contribution in [3.63, 3.8) is 0 Å².